The Bertz CT molecular complexity index is 954. The maximum absolute atomic E-state index is 14.5. The van der Waals surface area contributed by atoms with E-state index in [1.807, 2.05) is 0 Å². The molecule has 9 heteroatoms. The molecule has 0 amide bonds. The molecule has 36 heavy (non-hydrogen) atoms. The molecule has 0 aromatic heterocycles. The van der Waals surface area contributed by atoms with E-state index in [0.29, 0.717) is 5.92 Å². The first kappa shape index (κ1) is 27.7. The molecule has 4 rings (SSSR count). The summed E-state index contributed by atoms with van der Waals surface area (Å²) in [5, 5.41) is -5.64. The number of rotatable bonds is 8. The van der Waals surface area contributed by atoms with E-state index in [0.717, 1.165) is 101 Å². The Morgan fingerprint density at radius 3 is 1.50 bits per heavy atom. The average Bonchev–Trinajstić information content (AvgIpc) is 2.88. The van der Waals surface area contributed by atoms with Gasteiger partial charge in [0.15, 0.2) is 6.61 Å². The van der Waals surface area contributed by atoms with Crippen LogP contribution in [0.5, 0.6) is 5.75 Å². The molecule has 3 saturated carbocycles. The van der Waals surface area contributed by atoms with E-state index in [-0.39, 0.29) is 17.6 Å². The minimum absolute atomic E-state index is 0.0929. The maximum atomic E-state index is 14.5. The molecule has 0 bridgehead atoms. The highest BCUT2D eigenvalue weighted by Gasteiger charge is 2.66. The maximum Gasteiger partial charge on any atom is 0.435 e. The summed E-state index contributed by atoms with van der Waals surface area (Å²) in [5.41, 5.74) is 2.81. The first-order valence-electron chi connectivity index (χ1n) is 13.5. The molecule has 3 fully saturated rings. The molecule has 4 nitrogen and oxygen atoms in total. The monoisotopic (exact) mass is 534 g/mol. The SMILES string of the molecule is O=S(=O)(O)C(F)(F)C(F)(F)COc1c(C2CCCCC2)cc(C2CCCCC2)cc1C1CCCCC1. The first-order valence-corrected chi connectivity index (χ1v) is 15.0. The Morgan fingerprint density at radius 2 is 1.11 bits per heavy atom. The van der Waals surface area contributed by atoms with Crippen LogP contribution in [-0.2, 0) is 10.1 Å². The number of alkyl halides is 4. The highest BCUT2D eigenvalue weighted by Crippen LogP contribution is 2.48. The number of hydrogen-bond donors (Lipinski definition) is 1. The molecule has 1 aromatic carbocycles. The van der Waals surface area contributed by atoms with Gasteiger partial charge in [-0.25, -0.2) is 0 Å². The summed E-state index contributed by atoms with van der Waals surface area (Å²) in [7, 11) is -6.31. The summed E-state index contributed by atoms with van der Waals surface area (Å²) < 4.78 is 93.3. The van der Waals surface area contributed by atoms with Gasteiger partial charge in [-0.3, -0.25) is 4.55 Å². The molecule has 3 aliphatic rings. The Kier molecular flexibility index (Phi) is 8.59. The van der Waals surface area contributed by atoms with Gasteiger partial charge in [-0.05, 0) is 73.0 Å². The number of halogens is 4. The van der Waals surface area contributed by atoms with Gasteiger partial charge >= 0.3 is 21.3 Å². The number of hydrogen-bond acceptors (Lipinski definition) is 3. The second kappa shape index (κ2) is 11.2. The van der Waals surface area contributed by atoms with Crippen LogP contribution in [0.1, 0.15) is 131 Å². The van der Waals surface area contributed by atoms with Crippen molar-refractivity contribution >= 4 is 10.1 Å². The second-order valence-corrected chi connectivity index (χ2v) is 12.5. The second-order valence-electron chi connectivity index (χ2n) is 11.0. The number of ether oxygens (including phenoxy) is 1. The number of benzene rings is 1. The van der Waals surface area contributed by atoms with E-state index >= 15 is 0 Å². The minimum Gasteiger partial charge on any atom is -0.486 e. The quantitative estimate of drug-likeness (QED) is 0.269. The summed E-state index contributed by atoms with van der Waals surface area (Å²) in [6.07, 6.45) is 15.4. The van der Waals surface area contributed by atoms with Gasteiger partial charge in [0, 0.05) is 0 Å². The Morgan fingerprint density at radius 1 is 0.722 bits per heavy atom. The lowest BCUT2D eigenvalue weighted by atomic mass is 9.75. The summed E-state index contributed by atoms with van der Waals surface area (Å²) in [6.45, 7) is -1.82. The van der Waals surface area contributed by atoms with Crippen LogP contribution in [-0.4, -0.2) is 30.8 Å². The van der Waals surface area contributed by atoms with Crippen LogP contribution in [0.4, 0.5) is 17.6 Å². The van der Waals surface area contributed by atoms with Crippen LogP contribution in [0.25, 0.3) is 0 Å². The predicted octanol–water partition coefficient (Wildman–Crippen LogP) is 8.32. The molecule has 3 aliphatic carbocycles. The van der Waals surface area contributed by atoms with Crippen LogP contribution < -0.4 is 4.74 Å². The molecule has 0 unspecified atom stereocenters. The van der Waals surface area contributed by atoms with E-state index < -0.39 is 27.9 Å². The van der Waals surface area contributed by atoms with Gasteiger partial charge in [0.05, 0.1) is 0 Å². The fraction of sp³-hybridized carbons (Fsp3) is 0.778. The van der Waals surface area contributed by atoms with Gasteiger partial charge in [0.1, 0.15) is 5.75 Å². The van der Waals surface area contributed by atoms with Crippen LogP contribution in [0, 0.1) is 0 Å². The highest BCUT2D eigenvalue weighted by atomic mass is 32.2. The van der Waals surface area contributed by atoms with Crippen molar-refractivity contribution in [3.8, 4) is 5.75 Å². The molecule has 0 radical (unpaired) electrons. The lowest BCUT2D eigenvalue weighted by molar-refractivity contribution is -0.176. The van der Waals surface area contributed by atoms with Gasteiger partial charge in [-0.15, -0.1) is 0 Å². The molecule has 204 valence electrons. The molecular formula is C27H38F4O4S. The van der Waals surface area contributed by atoms with Gasteiger partial charge in [0.25, 0.3) is 0 Å². The third-order valence-corrected chi connectivity index (χ3v) is 9.43. The van der Waals surface area contributed by atoms with Gasteiger partial charge in [-0.2, -0.15) is 26.0 Å². The van der Waals surface area contributed by atoms with Gasteiger partial charge < -0.3 is 4.74 Å². The smallest absolute Gasteiger partial charge is 0.435 e. The van der Waals surface area contributed by atoms with Gasteiger partial charge in [0.2, 0.25) is 0 Å². The Balaban J connectivity index is 1.76. The summed E-state index contributed by atoms with van der Waals surface area (Å²) >= 11 is 0. The molecule has 0 saturated heterocycles. The van der Waals surface area contributed by atoms with E-state index in [1.165, 1.54) is 12.0 Å². The Labute approximate surface area is 211 Å². The Hall–Kier alpha value is -1.35. The van der Waals surface area contributed by atoms with Crippen LogP contribution >= 0.6 is 0 Å². The van der Waals surface area contributed by atoms with Crippen LogP contribution in [0.15, 0.2) is 12.1 Å². The molecule has 0 aliphatic heterocycles. The van der Waals surface area contributed by atoms with Crippen LogP contribution in [0.2, 0.25) is 0 Å². The summed E-state index contributed by atoms with van der Waals surface area (Å²) in [5.74, 6) is -4.27. The van der Waals surface area contributed by atoms with E-state index in [1.54, 1.807) is 0 Å². The molecule has 1 aromatic rings. The van der Waals surface area contributed by atoms with Gasteiger partial charge in [-0.1, -0.05) is 69.9 Å². The zero-order chi connectivity index (χ0) is 26.0. The van der Waals surface area contributed by atoms with Crippen molar-refractivity contribution in [2.45, 2.75) is 125 Å². The normalized spacial score (nSPS) is 22.0. The minimum atomic E-state index is -6.31. The van der Waals surface area contributed by atoms with E-state index in [2.05, 4.69) is 12.1 Å². The van der Waals surface area contributed by atoms with Crippen LogP contribution in [0.3, 0.4) is 0 Å². The largest absolute Gasteiger partial charge is 0.486 e. The first-order chi connectivity index (χ1) is 17.0. The lowest BCUT2D eigenvalue weighted by Gasteiger charge is -2.33. The summed E-state index contributed by atoms with van der Waals surface area (Å²) in [6, 6.07) is 4.12. The molecule has 0 atom stereocenters. The van der Waals surface area contributed by atoms with Crippen molar-refractivity contribution in [1.82, 2.24) is 0 Å². The summed E-state index contributed by atoms with van der Waals surface area (Å²) in [4.78, 5) is 0. The van der Waals surface area contributed by atoms with Crippen molar-refractivity contribution in [2.75, 3.05) is 6.61 Å². The zero-order valence-corrected chi connectivity index (χ0v) is 21.6. The third-order valence-electron chi connectivity index (χ3n) is 8.48. The molecule has 0 heterocycles. The lowest BCUT2D eigenvalue weighted by Crippen LogP contribution is -2.50. The third kappa shape index (κ3) is 5.87. The standard InChI is InChI=1S/C27H38F4O4S/c28-26(29,27(30,31)36(32,33)34)18-35-25-23(20-12-6-2-7-13-20)16-22(19-10-4-1-5-11-19)17-24(25)21-14-8-3-9-15-21/h16-17,19-21H,1-15,18H2,(H,32,33,34). The van der Waals surface area contributed by atoms with Crippen molar-refractivity contribution < 1.29 is 35.3 Å². The molecule has 1 N–H and O–H groups in total. The fourth-order valence-electron chi connectivity index (χ4n) is 6.41. The van der Waals surface area contributed by atoms with Crippen molar-refractivity contribution in [1.29, 1.82) is 0 Å². The predicted molar refractivity (Wildman–Crippen MR) is 131 cm³/mol. The van der Waals surface area contributed by atoms with E-state index in [9.17, 15) is 26.0 Å². The fourth-order valence-corrected chi connectivity index (χ4v) is 6.84. The average molecular weight is 535 g/mol. The molecule has 0 spiro atoms. The van der Waals surface area contributed by atoms with Crippen molar-refractivity contribution in [2.24, 2.45) is 0 Å². The topological polar surface area (TPSA) is 63.6 Å². The van der Waals surface area contributed by atoms with Crippen molar-refractivity contribution in [3.05, 3.63) is 28.8 Å². The zero-order valence-electron chi connectivity index (χ0n) is 20.8. The highest BCUT2D eigenvalue weighted by molar-refractivity contribution is 7.87. The van der Waals surface area contributed by atoms with E-state index in [4.69, 9.17) is 9.29 Å². The molecular weight excluding hydrogens is 496 g/mol. The van der Waals surface area contributed by atoms with Crippen molar-refractivity contribution in [3.63, 3.8) is 0 Å².